The van der Waals surface area contributed by atoms with Gasteiger partial charge >= 0.3 is 6.03 Å². The zero-order chi connectivity index (χ0) is 18.2. The van der Waals surface area contributed by atoms with Gasteiger partial charge in [0.05, 0.1) is 0 Å². The van der Waals surface area contributed by atoms with Gasteiger partial charge in [0.2, 0.25) is 0 Å². The van der Waals surface area contributed by atoms with Crippen LogP contribution in [0.3, 0.4) is 0 Å². The number of aromatic nitrogens is 1. The second-order valence-electron chi connectivity index (χ2n) is 5.90. The molecule has 0 aliphatic rings. The summed E-state index contributed by atoms with van der Waals surface area (Å²) in [5.41, 5.74) is 2.03. The van der Waals surface area contributed by atoms with E-state index in [1.54, 1.807) is 23.7 Å². The summed E-state index contributed by atoms with van der Waals surface area (Å²) < 4.78 is 0. The molecule has 4 nitrogen and oxygen atoms in total. The molecule has 3 rings (SSSR count). The Kier molecular flexibility index (Phi) is 6.63. The minimum atomic E-state index is -0.0830. The van der Waals surface area contributed by atoms with Gasteiger partial charge in [0.25, 0.3) is 0 Å². The normalized spacial score (nSPS) is 10.5. The molecule has 2 aromatic heterocycles. The Labute approximate surface area is 162 Å². The first-order chi connectivity index (χ1) is 12.7. The highest BCUT2D eigenvalue weighted by Crippen LogP contribution is 2.12. The zero-order valence-electron chi connectivity index (χ0n) is 14.3. The Morgan fingerprint density at radius 2 is 1.96 bits per heavy atom. The van der Waals surface area contributed by atoms with Crippen LogP contribution in [0.4, 0.5) is 4.79 Å². The summed E-state index contributed by atoms with van der Waals surface area (Å²) in [6, 6.07) is 15.4. The monoisotopic (exact) mass is 385 g/mol. The Balaban J connectivity index is 1.62. The summed E-state index contributed by atoms with van der Waals surface area (Å²) in [6.45, 7) is 1.66. The lowest BCUT2D eigenvalue weighted by Gasteiger charge is -2.23. The summed E-state index contributed by atoms with van der Waals surface area (Å²) in [6.07, 6.45) is 4.37. The van der Waals surface area contributed by atoms with Gasteiger partial charge in [-0.1, -0.05) is 35.9 Å². The molecule has 0 atom stereocenters. The largest absolute Gasteiger partial charge is 0.334 e. The minimum absolute atomic E-state index is 0.0830. The van der Waals surface area contributed by atoms with Crippen molar-refractivity contribution in [1.82, 2.24) is 15.2 Å². The average molecular weight is 386 g/mol. The third-order valence-electron chi connectivity index (χ3n) is 3.95. The molecule has 0 aliphatic heterocycles. The molecule has 1 aromatic carbocycles. The van der Waals surface area contributed by atoms with Crippen molar-refractivity contribution in [3.8, 4) is 0 Å². The number of hydrogen-bond donors (Lipinski definition) is 1. The van der Waals surface area contributed by atoms with Crippen LogP contribution in [0.5, 0.6) is 0 Å². The molecule has 0 radical (unpaired) electrons. The van der Waals surface area contributed by atoms with E-state index in [4.69, 9.17) is 11.6 Å². The fourth-order valence-corrected chi connectivity index (χ4v) is 3.38. The number of benzene rings is 1. The second kappa shape index (κ2) is 9.36. The van der Waals surface area contributed by atoms with E-state index >= 15 is 0 Å². The van der Waals surface area contributed by atoms with Crippen molar-refractivity contribution in [3.63, 3.8) is 0 Å². The van der Waals surface area contributed by atoms with Crippen molar-refractivity contribution in [2.45, 2.75) is 19.5 Å². The highest BCUT2D eigenvalue weighted by atomic mass is 35.5. The van der Waals surface area contributed by atoms with E-state index in [0.717, 1.165) is 17.5 Å². The molecule has 26 heavy (non-hydrogen) atoms. The molecular formula is C20H20ClN3OS. The van der Waals surface area contributed by atoms with Crippen LogP contribution in [0.1, 0.15) is 16.0 Å². The molecule has 1 N–H and O–H groups in total. The highest BCUT2D eigenvalue weighted by molar-refractivity contribution is 7.09. The van der Waals surface area contributed by atoms with Crippen LogP contribution in [0.25, 0.3) is 0 Å². The molecule has 3 aromatic rings. The molecule has 0 fully saturated rings. The van der Waals surface area contributed by atoms with Crippen LogP contribution in [0.15, 0.2) is 66.3 Å². The summed E-state index contributed by atoms with van der Waals surface area (Å²) >= 11 is 7.62. The first-order valence-electron chi connectivity index (χ1n) is 8.39. The number of urea groups is 1. The van der Waals surface area contributed by atoms with Crippen molar-refractivity contribution >= 4 is 29.0 Å². The highest BCUT2D eigenvalue weighted by Gasteiger charge is 2.14. The number of rotatable bonds is 7. The maximum Gasteiger partial charge on any atom is 0.317 e. The van der Waals surface area contributed by atoms with Gasteiger partial charge in [-0.05, 0) is 47.2 Å². The SMILES string of the molecule is O=C(NCc1ccc(Cl)cc1)N(CCc1cccs1)Cc1cccnc1. The van der Waals surface area contributed by atoms with Crippen molar-refractivity contribution < 1.29 is 4.79 Å². The molecule has 0 bridgehead atoms. The van der Waals surface area contributed by atoms with Gasteiger partial charge < -0.3 is 10.2 Å². The van der Waals surface area contributed by atoms with E-state index in [1.165, 1.54) is 4.88 Å². The number of amides is 2. The number of pyridine rings is 1. The van der Waals surface area contributed by atoms with E-state index in [1.807, 2.05) is 47.4 Å². The van der Waals surface area contributed by atoms with Gasteiger partial charge in [-0.3, -0.25) is 4.98 Å². The van der Waals surface area contributed by atoms with Crippen LogP contribution in [-0.4, -0.2) is 22.5 Å². The van der Waals surface area contributed by atoms with Crippen molar-refractivity contribution in [1.29, 1.82) is 0 Å². The lowest BCUT2D eigenvalue weighted by Crippen LogP contribution is -2.40. The average Bonchev–Trinajstić information content (AvgIpc) is 3.19. The Morgan fingerprint density at radius 3 is 2.65 bits per heavy atom. The molecule has 2 amide bonds. The Hall–Kier alpha value is -2.37. The second-order valence-corrected chi connectivity index (χ2v) is 7.37. The standard InChI is InChI=1S/C20H20ClN3OS/c21-18-7-5-16(6-8-18)14-23-20(25)24(11-9-19-4-2-12-26-19)15-17-3-1-10-22-13-17/h1-8,10,12-13H,9,11,14-15H2,(H,23,25). The quantitative estimate of drug-likeness (QED) is 0.637. The zero-order valence-corrected chi connectivity index (χ0v) is 15.8. The van der Waals surface area contributed by atoms with E-state index < -0.39 is 0 Å². The van der Waals surface area contributed by atoms with E-state index in [2.05, 4.69) is 21.7 Å². The molecule has 0 spiro atoms. The molecule has 0 saturated heterocycles. The molecule has 2 heterocycles. The predicted molar refractivity (Wildman–Crippen MR) is 106 cm³/mol. The van der Waals surface area contributed by atoms with E-state index in [-0.39, 0.29) is 6.03 Å². The van der Waals surface area contributed by atoms with Crippen LogP contribution in [-0.2, 0) is 19.5 Å². The van der Waals surface area contributed by atoms with Gasteiger partial charge in [-0.15, -0.1) is 11.3 Å². The number of carbonyl (C=O) groups excluding carboxylic acids is 1. The first kappa shape index (κ1) is 18.4. The van der Waals surface area contributed by atoms with Crippen molar-refractivity contribution in [2.24, 2.45) is 0 Å². The molecule has 0 unspecified atom stereocenters. The number of hydrogen-bond acceptors (Lipinski definition) is 3. The fraction of sp³-hybridized carbons (Fsp3) is 0.200. The molecule has 0 aliphatic carbocycles. The predicted octanol–water partition coefficient (Wildman–Crippen LogP) is 4.75. The lowest BCUT2D eigenvalue weighted by atomic mass is 10.2. The number of nitrogens with zero attached hydrogens (tertiary/aromatic N) is 2. The summed E-state index contributed by atoms with van der Waals surface area (Å²) in [7, 11) is 0. The molecule has 6 heteroatoms. The van der Waals surface area contributed by atoms with E-state index in [0.29, 0.717) is 24.7 Å². The number of halogens is 1. The van der Waals surface area contributed by atoms with Gasteiger partial charge in [-0.2, -0.15) is 0 Å². The fourth-order valence-electron chi connectivity index (χ4n) is 2.56. The Morgan fingerprint density at radius 1 is 1.12 bits per heavy atom. The number of thiophene rings is 1. The lowest BCUT2D eigenvalue weighted by molar-refractivity contribution is 0.195. The summed E-state index contributed by atoms with van der Waals surface area (Å²) in [4.78, 5) is 20.0. The molecule has 0 saturated carbocycles. The topological polar surface area (TPSA) is 45.2 Å². The van der Waals surface area contributed by atoms with Crippen molar-refractivity contribution in [2.75, 3.05) is 6.54 Å². The number of nitrogens with one attached hydrogen (secondary N) is 1. The van der Waals surface area contributed by atoms with Gasteiger partial charge in [0.1, 0.15) is 0 Å². The maximum atomic E-state index is 12.7. The van der Waals surface area contributed by atoms with Crippen LogP contribution >= 0.6 is 22.9 Å². The molecule has 134 valence electrons. The van der Waals surface area contributed by atoms with Crippen LogP contribution < -0.4 is 5.32 Å². The summed E-state index contributed by atoms with van der Waals surface area (Å²) in [5.74, 6) is 0. The third-order valence-corrected chi connectivity index (χ3v) is 5.14. The number of carbonyl (C=O) groups is 1. The maximum absolute atomic E-state index is 12.7. The van der Waals surface area contributed by atoms with E-state index in [9.17, 15) is 4.79 Å². The summed E-state index contributed by atoms with van der Waals surface area (Å²) in [5, 5.41) is 5.74. The molecular weight excluding hydrogens is 366 g/mol. The van der Waals surface area contributed by atoms with Crippen molar-refractivity contribution in [3.05, 3.63) is 87.3 Å². The van der Waals surface area contributed by atoms with Gasteiger partial charge in [0.15, 0.2) is 0 Å². The minimum Gasteiger partial charge on any atom is -0.334 e. The smallest absolute Gasteiger partial charge is 0.317 e. The van der Waals surface area contributed by atoms with Gasteiger partial charge in [-0.25, -0.2) is 4.79 Å². The van der Waals surface area contributed by atoms with Gasteiger partial charge in [0, 0.05) is 41.9 Å². The van der Waals surface area contributed by atoms with Crippen LogP contribution in [0, 0.1) is 0 Å². The van der Waals surface area contributed by atoms with Crippen LogP contribution in [0.2, 0.25) is 5.02 Å². The Bertz CT molecular complexity index is 807. The first-order valence-corrected chi connectivity index (χ1v) is 9.65. The third kappa shape index (κ3) is 5.58.